The molecule has 0 radical (unpaired) electrons. The van der Waals surface area contributed by atoms with Crippen LogP contribution in [0.25, 0.3) is 11.7 Å². The van der Waals surface area contributed by atoms with Gasteiger partial charge in [0.2, 0.25) is 12.7 Å². The summed E-state index contributed by atoms with van der Waals surface area (Å²) in [5, 5.41) is 4.52. The van der Waals surface area contributed by atoms with Gasteiger partial charge < -0.3 is 14.4 Å². The Morgan fingerprint density at radius 2 is 2.11 bits per heavy atom. The molecule has 2 aromatic heterocycles. The van der Waals surface area contributed by atoms with E-state index in [1.54, 1.807) is 12.2 Å². The molecule has 0 atom stereocenters. The number of fused-ring (bicyclic) bond motifs is 4. The van der Waals surface area contributed by atoms with Crippen LogP contribution in [0.4, 0.5) is 0 Å². The zero-order chi connectivity index (χ0) is 18.4. The van der Waals surface area contributed by atoms with E-state index in [0.717, 1.165) is 40.3 Å². The molecule has 1 aromatic carbocycles. The van der Waals surface area contributed by atoms with E-state index >= 15 is 0 Å². The van der Waals surface area contributed by atoms with Crippen LogP contribution in [0.15, 0.2) is 36.5 Å². The van der Waals surface area contributed by atoms with Crippen molar-refractivity contribution in [1.29, 1.82) is 0 Å². The minimum absolute atomic E-state index is 0.0185. The average Bonchev–Trinajstić information content (AvgIpc) is 3.30. The maximum atomic E-state index is 12.6. The van der Waals surface area contributed by atoms with E-state index in [2.05, 4.69) is 10.1 Å². The second kappa shape index (κ2) is 6.12. The van der Waals surface area contributed by atoms with E-state index in [9.17, 15) is 4.79 Å². The highest BCUT2D eigenvalue weighted by atomic mass is 16.7. The number of carbonyl (C=O) groups excluding carboxylic acids is 1. The lowest BCUT2D eigenvalue weighted by Gasteiger charge is -2.27. The van der Waals surface area contributed by atoms with Crippen molar-refractivity contribution in [3.63, 3.8) is 0 Å². The largest absolute Gasteiger partial charge is 0.454 e. The minimum Gasteiger partial charge on any atom is -0.454 e. The number of rotatable bonds is 2. The number of carbonyl (C=O) groups is 1. The van der Waals surface area contributed by atoms with Gasteiger partial charge in [0, 0.05) is 43.4 Å². The summed E-state index contributed by atoms with van der Waals surface area (Å²) in [4.78, 5) is 18.9. The lowest BCUT2D eigenvalue weighted by Crippen LogP contribution is -2.36. The first-order valence-corrected chi connectivity index (χ1v) is 8.87. The standard InChI is InChI=1S/C20H18N4O3/c1-13-8-19-21-10-15-11-23(7-6-16(15)24(19)22-13)20(25)5-3-14-2-4-17-18(9-14)27-12-26-17/h2-5,8-10H,6-7,11-12H2,1H3/b5-3+. The fraction of sp³-hybridized carbons (Fsp3) is 0.250. The molecule has 136 valence electrons. The van der Waals surface area contributed by atoms with E-state index < -0.39 is 0 Å². The molecule has 4 heterocycles. The number of hydrogen-bond acceptors (Lipinski definition) is 5. The molecule has 0 fully saturated rings. The molecule has 0 unspecified atom stereocenters. The molecule has 0 saturated carbocycles. The molecule has 0 N–H and O–H groups in total. The number of ether oxygens (including phenoxy) is 2. The molecule has 1 amide bonds. The lowest BCUT2D eigenvalue weighted by molar-refractivity contribution is -0.126. The normalized spacial score (nSPS) is 15.5. The van der Waals surface area contributed by atoms with Gasteiger partial charge in [0.15, 0.2) is 17.1 Å². The highest BCUT2D eigenvalue weighted by Crippen LogP contribution is 2.32. The third-order valence-electron chi connectivity index (χ3n) is 4.90. The number of aromatic nitrogens is 3. The van der Waals surface area contributed by atoms with Crippen molar-refractivity contribution in [2.75, 3.05) is 13.3 Å². The van der Waals surface area contributed by atoms with Crippen molar-refractivity contribution in [3.05, 3.63) is 59.1 Å². The summed E-state index contributed by atoms with van der Waals surface area (Å²) in [6, 6.07) is 7.60. The number of hydrogen-bond donors (Lipinski definition) is 0. The molecule has 27 heavy (non-hydrogen) atoms. The Hall–Kier alpha value is -3.35. The van der Waals surface area contributed by atoms with Crippen LogP contribution in [0.1, 0.15) is 22.5 Å². The first-order valence-electron chi connectivity index (χ1n) is 8.87. The second-order valence-corrected chi connectivity index (χ2v) is 6.74. The fourth-order valence-corrected chi connectivity index (χ4v) is 3.53. The molecule has 2 aliphatic heterocycles. The van der Waals surface area contributed by atoms with Gasteiger partial charge in [-0.05, 0) is 30.7 Å². The van der Waals surface area contributed by atoms with Crippen LogP contribution >= 0.6 is 0 Å². The zero-order valence-electron chi connectivity index (χ0n) is 14.9. The molecular weight excluding hydrogens is 344 g/mol. The van der Waals surface area contributed by atoms with Crippen LogP contribution in [-0.4, -0.2) is 38.7 Å². The molecule has 2 aliphatic rings. The summed E-state index contributed by atoms with van der Waals surface area (Å²) in [5.41, 5.74) is 4.88. The average molecular weight is 362 g/mol. The Kier molecular flexibility index (Phi) is 3.60. The first-order chi connectivity index (χ1) is 13.2. The third kappa shape index (κ3) is 2.81. The van der Waals surface area contributed by atoms with Gasteiger partial charge in [-0.25, -0.2) is 9.50 Å². The lowest BCUT2D eigenvalue weighted by atomic mass is 10.1. The summed E-state index contributed by atoms with van der Waals surface area (Å²) < 4.78 is 12.6. The number of nitrogens with zero attached hydrogens (tertiary/aromatic N) is 4. The predicted octanol–water partition coefficient (Wildman–Crippen LogP) is 2.36. The predicted molar refractivity (Wildman–Crippen MR) is 98.4 cm³/mol. The van der Waals surface area contributed by atoms with E-state index in [4.69, 9.17) is 9.47 Å². The Labute approximate surface area is 155 Å². The monoisotopic (exact) mass is 362 g/mol. The third-order valence-corrected chi connectivity index (χ3v) is 4.90. The fourth-order valence-electron chi connectivity index (χ4n) is 3.53. The van der Waals surface area contributed by atoms with Gasteiger partial charge in [-0.15, -0.1) is 0 Å². The van der Waals surface area contributed by atoms with Gasteiger partial charge in [-0.1, -0.05) is 6.07 Å². The van der Waals surface area contributed by atoms with E-state index in [0.29, 0.717) is 18.8 Å². The van der Waals surface area contributed by atoms with Gasteiger partial charge in [0.1, 0.15) is 0 Å². The van der Waals surface area contributed by atoms with Crippen molar-refractivity contribution in [2.45, 2.75) is 19.9 Å². The number of aryl methyl sites for hydroxylation is 1. The Bertz CT molecular complexity index is 1090. The SMILES string of the molecule is Cc1cc2ncc3c(n2n1)CCN(C(=O)/C=C/c1ccc2c(c1)OCO2)C3. The van der Waals surface area contributed by atoms with Crippen molar-refractivity contribution >= 4 is 17.6 Å². The summed E-state index contributed by atoms with van der Waals surface area (Å²) in [6.07, 6.45) is 6.02. The summed E-state index contributed by atoms with van der Waals surface area (Å²) in [5.74, 6) is 1.43. The van der Waals surface area contributed by atoms with Crippen LogP contribution in [-0.2, 0) is 17.8 Å². The van der Waals surface area contributed by atoms with Crippen LogP contribution in [0.5, 0.6) is 11.5 Å². The maximum Gasteiger partial charge on any atom is 0.246 e. The number of benzene rings is 1. The Morgan fingerprint density at radius 1 is 1.22 bits per heavy atom. The first kappa shape index (κ1) is 15.9. The topological polar surface area (TPSA) is 69.0 Å². The van der Waals surface area contributed by atoms with Gasteiger partial charge in [0.05, 0.1) is 11.4 Å². The molecule has 3 aromatic rings. The zero-order valence-corrected chi connectivity index (χ0v) is 14.9. The van der Waals surface area contributed by atoms with Gasteiger partial charge in [-0.2, -0.15) is 5.10 Å². The van der Waals surface area contributed by atoms with Crippen LogP contribution in [0.2, 0.25) is 0 Å². The highest BCUT2D eigenvalue weighted by molar-refractivity contribution is 5.92. The molecule has 0 aliphatic carbocycles. The number of amides is 1. The Morgan fingerprint density at radius 3 is 3.04 bits per heavy atom. The molecule has 0 spiro atoms. The smallest absolute Gasteiger partial charge is 0.246 e. The molecule has 0 bridgehead atoms. The van der Waals surface area contributed by atoms with E-state index in [1.807, 2.05) is 46.8 Å². The van der Waals surface area contributed by atoms with E-state index in [-0.39, 0.29) is 12.7 Å². The van der Waals surface area contributed by atoms with Gasteiger partial charge >= 0.3 is 0 Å². The van der Waals surface area contributed by atoms with Crippen molar-refractivity contribution in [2.24, 2.45) is 0 Å². The highest BCUT2D eigenvalue weighted by Gasteiger charge is 2.22. The Balaban J connectivity index is 1.34. The quantitative estimate of drug-likeness (QED) is 0.655. The molecular formula is C20H18N4O3. The molecule has 7 heteroatoms. The van der Waals surface area contributed by atoms with E-state index in [1.165, 1.54) is 0 Å². The van der Waals surface area contributed by atoms with Gasteiger partial charge in [-0.3, -0.25) is 4.79 Å². The van der Waals surface area contributed by atoms with Crippen molar-refractivity contribution in [1.82, 2.24) is 19.5 Å². The van der Waals surface area contributed by atoms with Crippen molar-refractivity contribution < 1.29 is 14.3 Å². The summed E-state index contributed by atoms with van der Waals surface area (Å²) in [6.45, 7) is 3.41. The van der Waals surface area contributed by atoms with Crippen LogP contribution in [0, 0.1) is 6.92 Å². The second-order valence-electron chi connectivity index (χ2n) is 6.74. The van der Waals surface area contributed by atoms with Crippen LogP contribution in [0.3, 0.4) is 0 Å². The van der Waals surface area contributed by atoms with Gasteiger partial charge in [0.25, 0.3) is 0 Å². The maximum absolute atomic E-state index is 12.6. The van der Waals surface area contributed by atoms with Crippen LogP contribution < -0.4 is 9.47 Å². The molecule has 7 nitrogen and oxygen atoms in total. The summed E-state index contributed by atoms with van der Waals surface area (Å²) >= 11 is 0. The van der Waals surface area contributed by atoms with Crippen molar-refractivity contribution in [3.8, 4) is 11.5 Å². The molecule has 5 rings (SSSR count). The minimum atomic E-state index is -0.0185. The summed E-state index contributed by atoms with van der Waals surface area (Å²) in [7, 11) is 0. The molecule has 0 saturated heterocycles.